The number of amides is 2. The minimum atomic E-state index is -0.835. The molecule has 42 heavy (non-hydrogen) atoms. The van der Waals surface area contributed by atoms with E-state index in [4.69, 9.17) is 9.47 Å². The molecule has 8 nitrogen and oxygen atoms in total. The predicted molar refractivity (Wildman–Crippen MR) is 165 cm³/mol. The van der Waals surface area contributed by atoms with E-state index in [0.717, 1.165) is 69.5 Å². The highest BCUT2D eigenvalue weighted by atomic mass is 35.5. The monoisotopic (exact) mass is 599 g/mol. The van der Waals surface area contributed by atoms with Gasteiger partial charge in [-0.25, -0.2) is 0 Å². The number of nitrogens with zero attached hydrogens (tertiary/aromatic N) is 2. The molecular weight excluding hydrogens is 554 g/mol. The van der Waals surface area contributed by atoms with Crippen molar-refractivity contribution in [3.05, 3.63) is 54.1 Å². The lowest BCUT2D eigenvalue weighted by Gasteiger charge is -2.52. The molecule has 2 amide bonds. The number of likely N-dealkylation sites (tertiary alicyclic amines) is 1. The Balaban J connectivity index is 0.00000405. The fourth-order valence-corrected chi connectivity index (χ4v) is 6.79. The highest BCUT2D eigenvalue weighted by Crippen LogP contribution is 2.37. The molecule has 0 unspecified atom stereocenters. The van der Waals surface area contributed by atoms with Gasteiger partial charge in [0.1, 0.15) is 17.3 Å². The summed E-state index contributed by atoms with van der Waals surface area (Å²) in [6.07, 6.45) is 7.33. The van der Waals surface area contributed by atoms with Gasteiger partial charge in [0.2, 0.25) is 11.8 Å². The topological polar surface area (TPSA) is 91.3 Å². The maximum Gasteiger partial charge on any atom is 0.248 e. The van der Waals surface area contributed by atoms with E-state index in [-0.39, 0.29) is 30.1 Å². The standard InChI is InChI=1S/C33H45N3O5.ClH/c1-3-4-20-36-31(38)29(30(37)25-10-6-5-7-11-25)34-32(39)33(36)18-21-35(22-19-33)23-24-14-16-26(17-15-24)41-28-13-9-8-12-27(28)40-2;/h8-9,12-17,25,29-30,37H,3-7,10-11,18-23H2,1-2H3,(H,34,39);1H/t29-,30-;/m1./s1. The van der Waals surface area contributed by atoms with Crippen LogP contribution < -0.4 is 14.8 Å². The number of nitrogens with one attached hydrogen (secondary N) is 1. The number of carbonyl (C=O) groups is 2. The average Bonchev–Trinajstić information content (AvgIpc) is 3.01. The molecule has 0 radical (unpaired) electrons. The number of rotatable bonds is 10. The highest BCUT2D eigenvalue weighted by Gasteiger charge is 2.55. The van der Waals surface area contributed by atoms with E-state index < -0.39 is 17.7 Å². The average molecular weight is 600 g/mol. The molecule has 5 rings (SSSR count). The molecule has 2 saturated heterocycles. The van der Waals surface area contributed by atoms with Gasteiger partial charge in [0.05, 0.1) is 13.2 Å². The third-order valence-corrected chi connectivity index (χ3v) is 9.28. The lowest BCUT2D eigenvalue weighted by Crippen LogP contribution is -2.75. The summed E-state index contributed by atoms with van der Waals surface area (Å²) in [5.74, 6) is 1.98. The second-order valence-corrected chi connectivity index (χ2v) is 11.9. The van der Waals surface area contributed by atoms with Gasteiger partial charge in [-0.2, -0.15) is 0 Å². The molecule has 2 heterocycles. The van der Waals surface area contributed by atoms with Gasteiger partial charge in [-0.3, -0.25) is 14.5 Å². The SMILES string of the molecule is CCCCN1C(=O)[C@@H]([C@H](O)C2CCCCC2)NC(=O)C12CCN(Cc1ccc(Oc3ccccc3OC)cc1)CC2.Cl. The summed E-state index contributed by atoms with van der Waals surface area (Å²) in [4.78, 5) is 31.7. The van der Waals surface area contributed by atoms with E-state index in [2.05, 4.69) is 29.3 Å². The number of benzene rings is 2. The Bertz CT molecular complexity index is 1180. The minimum Gasteiger partial charge on any atom is -0.493 e. The number of piperazine rings is 1. The number of hydrogen-bond acceptors (Lipinski definition) is 6. The van der Waals surface area contributed by atoms with Crippen LogP contribution in [0.5, 0.6) is 17.2 Å². The van der Waals surface area contributed by atoms with Crippen LogP contribution in [-0.4, -0.2) is 71.1 Å². The largest absolute Gasteiger partial charge is 0.493 e. The molecule has 1 aliphatic carbocycles. The third kappa shape index (κ3) is 6.87. The zero-order valence-corrected chi connectivity index (χ0v) is 25.7. The Hall–Kier alpha value is -2.81. The van der Waals surface area contributed by atoms with Crippen molar-refractivity contribution in [2.75, 3.05) is 26.7 Å². The van der Waals surface area contributed by atoms with Crippen LogP contribution in [0.1, 0.15) is 70.3 Å². The van der Waals surface area contributed by atoms with Crippen molar-refractivity contribution in [3.8, 4) is 17.2 Å². The second-order valence-electron chi connectivity index (χ2n) is 11.9. The summed E-state index contributed by atoms with van der Waals surface area (Å²) < 4.78 is 11.4. The summed E-state index contributed by atoms with van der Waals surface area (Å²) in [6, 6.07) is 14.8. The van der Waals surface area contributed by atoms with Gasteiger partial charge in [-0.1, -0.05) is 56.9 Å². The Morgan fingerprint density at radius 3 is 2.31 bits per heavy atom. The van der Waals surface area contributed by atoms with E-state index in [0.29, 0.717) is 30.9 Å². The lowest BCUT2D eigenvalue weighted by molar-refractivity contribution is -0.166. The normalized spacial score (nSPS) is 21.9. The van der Waals surface area contributed by atoms with Crippen molar-refractivity contribution >= 4 is 24.2 Å². The highest BCUT2D eigenvalue weighted by molar-refractivity contribution is 6.00. The van der Waals surface area contributed by atoms with Gasteiger partial charge >= 0.3 is 0 Å². The zero-order valence-electron chi connectivity index (χ0n) is 24.9. The van der Waals surface area contributed by atoms with Crippen molar-refractivity contribution in [3.63, 3.8) is 0 Å². The Morgan fingerprint density at radius 2 is 1.67 bits per heavy atom. The zero-order chi connectivity index (χ0) is 28.8. The van der Waals surface area contributed by atoms with Gasteiger partial charge in [0.15, 0.2) is 11.5 Å². The van der Waals surface area contributed by atoms with Crippen LogP contribution in [-0.2, 0) is 16.1 Å². The number of carbonyl (C=O) groups excluding carboxylic acids is 2. The lowest BCUT2D eigenvalue weighted by atomic mass is 9.78. The molecule has 2 aromatic carbocycles. The molecule has 1 spiro atoms. The molecule has 1 saturated carbocycles. The first kappa shape index (κ1) is 32.1. The Morgan fingerprint density at radius 1 is 1.00 bits per heavy atom. The number of aliphatic hydroxyl groups excluding tert-OH is 1. The summed E-state index contributed by atoms with van der Waals surface area (Å²) in [5.41, 5.74) is 0.328. The van der Waals surface area contributed by atoms with E-state index in [1.54, 1.807) is 7.11 Å². The van der Waals surface area contributed by atoms with Crippen LogP contribution in [0.2, 0.25) is 0 Å². The van der Waals surface area contributed by atoms with Crippen LogP contribution >= 0.6 is 12.4 Å². The smallest absolute Gasteiger partial charge is 0.248 e. The first-order chi connectivity index (χ1) is 19.9. The number of ether oxygens (including phenoxy) is 2. The van der Waals surface area contributed by atoms with Gasteiger partial charge < -0.3 is 24.8 Å². The number of para-hydroxylation sites is 2. The summed E-state index contributed by atoms with van der Waals surface area (Å²) in [7, 11) is 1.63. The number of halogens is 1. The third-order valence-electron chi connectivity index (χ3n) is 9.28. The van der Waals surface area contributed by atoms with Crippen LogP contribution in [0.3, 0.4) is 0 Å². The van der Waals surface area contributed by atoms with E-state index in [1.807, 2.05) is 41.3 Å². The van der Waals surface area contributed by atoms with Crippen molar-refractivity contribution in [2.24, 2.45) is 5.92 Å². The van der Waals surface area contributed by atoms with E-state index in [1.165, 1.54) is 6.42 Å². The number of methoxy groups -OCH3 is 1. The molecule has 2 aromatic rings. The summed E-state index contributed by atoms with van der Waals surface area (Å²) in [5, 5.41) is 14.2. The van der Waals surface area contributed by atoms with Gasteiger partial charge in [-0.05, 0) is 67.9 Å². The molecule has 9 heteroatoms. The number of unbranched alkanes of at least 4 members (excludes halogenated alkanes) is 1. The number of hydrogen-bond donors (Lipinski definition) is 2. The van der Waals surface area contributed by atoms with Crippen LogP contribution in [0.4, 0.5) is 0 Å². The maximum absolute atomic E-state index is 13.8. The molecular formula is C33H46ClN3O5. The Labute approximate surface area is 256 Å². The van der Waals surface area contributed by atoms with Crippen molar-refractivity contribution in [2.45, 2.75) is 88.9 Å². The fraction of sp³-hybridized carbons (Fsp3) is 0.576. The molecule has 2 aliphatic heterocycles. The predicted octanol–water partition coefficient (Wildman–Crippen LogP) is 5.31. The molecule has 3 fully saturated rings. The molecule has 2 atom stereocenters. The molecule has 0 bridgehead atoms. The van der Waals surface area contributed by atoms with E-state index >= 15 is 0 Å². The maximum atomic E-state index is 13.8. The molecule has 2 N–H and O–H groups in total. The van der Waals surface area contributed by atoms with Crippen LogP contribution in [0, 0.1) is 5.92 Å². The van der Waals surface area contributed by atoms with Gasteiger partial charge in [-0.15, -0.1) is 12.4 Å². The molecule has 0 aromatic heterocycles. The van der Waals surface area contributed by atoms with E-state index in [9.17, 15) is 14.7 Å². The molecule has 230 valence electrons. The summed E-state index contributed by atoms with van der Waals surface area (Å²) in [6.45, 7) is 4.87. The Kier molecular flexibility index (Phi) is 11.1. The first-order valence-corrected chi connectivity index (χ1v) is 15.4. The van der Waals surface area contributed by atoms with Crippen LogP contribution in [0.15, 0.2) is 48.5 Å². The van der Waals surface area contributed by atoms with Crippen LogP contribution in [0.25, 0.3) is 0 Å². The van der Waals surface area contributed by atoms with Gasteiger partial charge in [0, 0.05) is 26.2 Å². The van der Waals surface area contributed by atoms with Crippen molar-refractivity contribution in [1.82, 2.24) is 15.1 Å². The van der Waals surface area contributed by atoms with Crippen molar-refractivity contribution in [1.29, 1.82) is 0 Å². The second kappa shape index (κ2) is 14.6. The quantitative estimate of drug-likeness (QED) is 0.384. The summed E-state index contributed by atoms with van der Waals surface area (Å²) >= 11 is 0. The number of piperidine rings is 1. The molecule has 3 aliphatic rings. The van der Waals surface area contributed by atoms with Gasteiger partial charge in [0.25, 0.3) is 0 Å². The minimum absolute atomic E-state index is 0. The first-order valence-electron chi connectivity index (χ1n) is 15.4. The number of aliphatic hydroxyl groups is 1. The van der Waals surface area contributed by atoms with Crippen molar-refractivity contribution < 1.29 is 24.2 Å². The fourth-order valence-electron chi connectivity index (χ4n) is 6.79.